The number of nitrogens with one attached hydrogen (secondary N) is 2. The smallest absolute Gasteiger partial charge is 0.329 e. The Labute approximate surface area is 79.0 Å². The van der Waals surface area contributed by atoms with E-state index in [1.807, 2.05) is 26.2 Å². The second-order valence-electron chi connectivity index (χ2n) is 3.13. The number of hydrogen-bond donors (Lipinski definition) is 3. The maximum atomic E-state index is 10.9. The molecule has 0 heterocycles. The Morgan fingerprint density at radius 3 is 2.54 bits per heavy atom. The fraction of sp³-hybridized carbons (Fsp3) is 0.875. The summed E-state index contributed by atoms with van der Waals surface area (Å²) < 4.78 is 5.22. The normalized spacial score (nSPS) is 12.7. The van der Waals surface area contributed by atoms with Crippen LogP contribution in [0.4, 0.5) is 4.79 Å². The summed E-state index contributed by atoms with van der Waals surface area (Å²) in [5.74, 6) is 5.27. The van der Waals surface area contributed by atoms with Crippen LogP contribution in [-0.2, 0) is 4.74 Å². The molecule has 0 aromatic rings. The van der Waals surface area contributed by atoms with E-state index in [0.29, 0.717) is 19.1 Å². The molecule has 0 aromatic heterocycles. The first-order valence-corrected chi connectivity index (χ1v) is 4.46. The topological polar surface area (TPSA) is 76.4 Å². The van der Waals surface area contributed by atoms with Crippen LogP contribution in [0.3, 0.4) is 0 Å². The van der Waals surface area contributed by atoms with E-state index >= 15 is 0 Å². The first-order chi connectivity index (χ1) is 6.11. The first-order valence-electron chi connectivity index (χ1n) is 4.46. The van der Waals surface area contributed by atoms with Crippen LogP contribution in [0.2, 0.25) is 0 Å². The molecule has 0 spiro atoms. The first kappa shape index (κ1) is 12.2. The Morgan fingerprint density at radius 1 is 1.54 bits per heavy atom. The van der Waals surface area contributed by atoms with Crippen molar-refractivity contribution in [1.82, 2.24) is 10.7 Å². The molecule has 0 fully saturated rings. The molecule has 0 aliphatic rings. The Balaban J connectivity index is 3.87. The van der Waals surface area contributed by atoms with Gasteiger partial charge in [0.2, 0.25) is 0 Å². The highest BCUT2D eigenvalue weighted by Crippen LogP contribution is 2.01. The third-order valence-electron chi connectivity index (χ3n) is 1.75. The van der Waals surface area contributed by atoms with Crippen molar-refractivity contribution in [3.63, 3.8) is 0 Å². The van der Waals surface area contributed by atoms with Crippen LogP contribution in [0.25, 0.3) is 0 Å². The van der Waals surface area contributed by atoms with Gasteiger partial charge in [0.15, 0.2) is 0 Å². The molecule has 5 nitrogen and oxygen atoms in total. The molecule has 5 heteroatoms. The lowest BCUT2D eigenvalue weighted by molar-refractivity contribution is 0.110. The summed E-state index contributed by atoms with van der Waals surface area (Å²) in [5, 5.41) is 2.70. The summed E-state index contributed by atoms with van der Waals surface area (Å²) in [4.78, 5) is 10.9. The monoisotopic (exact) mass is 189 g/mol. The Hall–Kier alpha value is -0.810. The van der Waals surface area contributed by atoms with Gasteiger partial charge in [-0.1, -0.05) is 13.8 Å². The van der Waals surface area contributed by atoms with Gasteiger partial charge in [0.25, 0.3) is 0 Å². The predicted molar refractivity (Wildman–Crippen MR) is 51.0 cm³/mol. The van der Waals surface area contributed by atoms with Crippen LogP contribution in [0.15, 0.2) is 0 Å². The van der Waals surface area contributed by atoms with E-state index in [4.69, 9.17) is 10.6 Å². The highest BCUT2D eigenvalue weighted by molar-refractivity contribution is 5.73. The molecular weight excluding hydrogens is 170 g/mol. The fourth-order valence-electron chi connectivity index (χ4n) is 0.856. The number of rotatable bonds is 5. The van der Waals surface area contributed by atoms with Crippen molar-refractivity contribution in [2.24, 2.45) is 11.8 Å². The molecule has 0 radical (unpaired) electrons. The molecular formula is C8H19N3O2. The van der Waals surface area contributed by atoms with Crippen LogP contribution in [0.1, 0.15) is 20.8 Å². The second-order valence-corrected chi connectivity index (χ2v) is 3.13. The molecule has 1 atom stereocenters. The summed E-state index contributed by atoms with van der Waals surface area (Å²) in [6.07, 6.45) is 0. The van der Waals surface area contributed by atoms with E-state index in [9.17, 15) is 4.79 Å². The van der Waals surface area contributed by atoms with Crippen LogP contribution in [0.5, 0.6) is 0 Å². The molecule has 1 unspecified atom stereocenters. The molecule has 78 valence electrons. The van der Waals surface area contributed by atoms with Crippen molar-refractivity contribution >= 4 is 6.03 Å². The maximum Gasteiger partial charge on any atom is 0.329 e. The van der Waals surface area contributed by atoms with E-state index in [1.54, 1.807) is 0 Å². The lowest BCUT2D eigenvalue weighted by Crippen LogP contribution is -2.48. The van der Waals surface area contributed by atoms with Gasteiger partial charge in [-0.05, 0) is 12.8 Å². The van der Waals surface area contributed by atoms with E-state index in [-0.39, 0.29) is 12.1 Å². The molecule has 0 aliphatic carbocycles. The van der Waals surface area contributed by atoms with Crippen LogP contribution in [-0.4, -0.2) is 25.3 Å². The number of carbonyl (C=O) groups is 1. The lowest BCUT2D eigenvalue weighted by Gasteiger charge is -2.21. The average Bonchev–Trinajstić information content (AvgIpc) is 2.11. The number of urea groups is 1. The van der Waals surface area contributed by atoms with Crippen LogP contribution in [0, 0.1) is 5.92 Å². The van der Waals surface area contributed by atoms with Gasteiger partial charge in [-0.2, -0.15) is 0 Å². The van der Waals surface area contributed by atoms with E-state index < -0.39 is 0 Å². The molecule has 4 N–H and O–H groups in total. The summed E-state index contributed by atoms with van der Waals surface area (Å²) in [7, 11) is 0. The van der Waals surface area contributed by atoms with Crippen molar-refractivity contribution in [3.8, 4) is 0 Å². The molecule has 0 aromatic carbocycles. The average molecular weight is 189 g/mol. The third-order valence-corrected chi connectivity index (χ3v) is 1.75. The summed E-state index contributed by atoms with van der Waals surface area (Å²) in [5.41, 5.74) is 2.02. The SMILES string of the molecule is CCOCC(NC(=O)NN)C(C)C. The van der Waals surface area contributed by atoms with Gasteiger partial charge in [0, 0.05) is 6.61 Å². The fourth-order valence-corrected chi connectivity index (χ4v) is 0.856. The van der Waals surface area contributed by atoms with Gasteiger partial charge in [-0.15, -0.1) is 0 Å². The lowest BCUT2D eigenvalue weighted by atomic mass is 10.1. The number of nitrogens with two attached hydrogens (primary N) is 1. The van der Waals surface area contributed by atoms with Gasteiger partial charge in [-0.25, -0.2) is 10.6 Å². The minimum Gasteiger partial charge on any atom is -0.380 e. The van der Waals surface area contributed by atoms with E-state index in [0.717, 1.165) is 0 Å². The van der Waals surface area contributed by atoms with Gasteiger partial charge in [0.05, 0.1) is 12.6 Å². The van der Waals surface area contributed by atoms with Gasteiger partial charge in [0.1, 0.15) is 0 Å². The third kappa shape index (κ3) is 5.43. The Morgan fingerprint density at radius 2 is 2.15 bits per heavy atom. The summed E-state index contributed by atoms with van der Waals surface area (Å²) in [6.45, 7) is 7.11. The maximum absolute atomic E-state index is 10.9. The quantitative estimate of drug-likeness (QED) is 0.329. The molecule has 0 saturated carbocycles. The summed E-state index contributed by atoms with van der Waals surface area (Å²) >= 11 is 0. The Kier molecular flexibility index (Phi) is 6.26. The number of amides is 2. The molecule has 2 amide bonds. The molecule has 0 saturated heterocycles. The summed E-state index contributed by atoms with van der Waals surface area (Å²) in [6, 6.07) is -0.373. The van der Waals surface area contributed by atoms with Crippen LogP contribution >= 0.6 is 0 Å². The van der Waals surface area contributed by atoms with E-state index in [2.05, 4.69) is 5.32 Å². The largest absolute Gasteiger partial charge is 0.380 e. The minimum atomic E-state index is -0.376. The zero-order chi connectivity index (χ0) is 10.3. The number of hydrogen-bond acceptors (Lipinski definition) is 3. The Bertz CT molecular complexity index is 150. The zero-order valence-corrected chi connectivity index (χ0v) is 8.46. The zero-order valence-electron chi connectivity index (χ0n) is 8.46. The van der Waals surface area contributed by atoms with Crippen molar-refractivity contribution in [2.45, 2.75) is 26.8 Å². The number of hydrazine groups is 1. The van der Waals surface area contributed by atoms with Gasteiger partial charge >= 0.3 is 6.03 Å². The second kappa shape index (κ2) is 6.68. The minimum absolute atomic E-state index is 0.00324. The van der Waals surface area contributed by atoms with E-state index in [1.165, 1.54) is 0 Å². The van der Waals surface area contributed by atoms with Crippen molar-refractivity contribution < 1.29 is 9.53 Å². The highest BCUT2D eigenvalue weighted by atomic mass is 16.5. The van der Waals surface area contributed by atoms with Gasteiger partial charge < -0.3 is 10.1 Å². The number of ether oxygens (including phenoxy) is 1. The van der Waals surface area contributed by atoms with Crippen molar-refractivity contribution in [1.29, 1.82) is 0 Å². The highest BCUT2D eigenvalue weighted by Gasteiger charge is 2.15. The van der Waals surface area contributed by atoms with Crippen LogP contribution < -0.4 is 16.6 Å². The molecule has 0 rings (SSSR count). The van der Waals surface area contributed by atoms with Crippen molar-refractivity contribution in [2.75, 3.05) is 13.2 Å². The molecule has 13 heavy (non-hydrogen) atoms. The molecule has 0 aliphatic heterocycles. The van der Waals surface area contributed by atoms with Gasteiger partial charge in [-0.3, -0.25) is 5.43 Å². The van der Waals surface area contributed by atoms with Crippen molar-refractivity contribution in [3.05, 3.63) is 0 Å². The standard InChI is InChI=1S/C8H19N3O2/c1-4-13-5-7(6(2)3)10-8(12)11-9/h6-7H,4-5,9H2,1-3H3,(H2,10,11,12). The number of carbonyl (C=O) groups excluding carboxylic acids is 1. The molecule has 0 bridgehead atoms. The predicted octanol–water partition coefficient (Wildman–Crippen LogP) is 0.220.